The van der Waals surface area contributed by atoms with E-state index >= 15 is 0 Å². The lowest BCUT2D eigenvalue weighted by atomic mass is 10.3. The van der Waals surface area contributed by atoms with E-state index in [1.165, 1.54) is 12.1 Å². The topological polar surface area (TPSA) is 73.9 Å². The minimum absolute atomic E-state index is 0.0970. The molecule has 2 aromatic rings. The van der Waals surface area contributed by atoms with E-state index in [0.717, 1.165) is 0 Å². The van der Waals surface area contributed by atoms with E-state index in [4.69, 9.17) is 25.8 Å². The molecule has 6 nitrogen and oxygen atoms in total. The predicted octanol–water partition coefficient (Wildman–Crippen LogP) is 2.43. The molecular weight excluding hydrogens is 342 g/mol. The van der Waals surface area contributed by atoms with Crippen molar-refractivity contribution < 1.29 is 22.6 Å². The summed E-state index contributed by atoms with van der Waals surface area (Å²) < 4.78 is 42.7. The zero-order valence-corrected chi connectivity index (χ0v) is 13.6. The molecule has 0 aliphatic carbocycles. The first kappa shape index (κ1) is 15.9. The Morgan fingerprint density at radius 1 is 1.13 bits per heavy atom. The van der Waals surface area contributed by atoms with Gasteiger partial charge < -0.3 is 14.2 Å². The highest BCUT2D eigenvalue weighted by atomic mass is 35.5. The summed E-state index contributed by atoms with van der Waals surface area (Å²) in [5.74, 6) is 1.54. The third kappa shape index (κ3) is 3.87. The summed E-state index contributed by atoms with van der Waals surface area (Å²) in [5.41, 5.74) is 0. The maximum Gasteiger partial charge on any atom is 0.240 e. The van der Waals surface area contributed by atoms with Crippen LogP contribution in [0.25, 0.3) is 0 Å². The molecule has 23 heavy (non-hydrogen) atoms. The maximum absolute atomic E-state index is 12.2. The Morgan fingerprint density at radius 3 is 2.78 bits per heavy atom. The minimum Gasteiger partial charge on any atom is -0.492 e. The standard InChI is InChI=1S/C15H14ClNO5S/c16-11-2-1-3-12(8-11)20-7-6-17-23(18,19)13-4-5-14-15(9-13)22-10-21-14/h1-5,8-9,17H,6-7,10H2. The molecule has 122 valence electrons. The number of fused-ring (bicyclic) bond motifs is 1. The van der Waals surface area contributed by atoms with Crippen LogP contribution in [0.2, 0.25) is 5.02 Å². The summed E-state index contributed by atoms with van der Waals surface area (Å²) in [6.45, 7) is 0.410. The normalized spacial score (nSPS) is 13.1. The third-order valence-electron chi connectivity index (χ3n) is 3.11. The molecule has 0 spiro atoms. The Labute approximate surface area is 139 Å². The molecule has 1 N–H and O–H groups in total. The van der Waals surface area contributed by atoms with Crippen LogP contribution in [0, 0.1) is 0 Å². The van der Waals surface area contributed by atoms with Crippen LogP contribution in [-0.4, -0.2) is 28.4 Å². The Kier molecular flexibility index (Phi) is 4.61. The molecule has 0 aromatic heterocycles. The van der Waals surface area contributed by atoms with Crippen LogP contribution in [-0.2, 0) is 10.0 Å². The number of ether oxygens (including phenoxy) is 3. The second-order valence-electron chi connectivity index (χ2n) is 4.72. The van der Waals surface area contributed by atoms with E-state index < -0.39 is 10.0 Å². The minimum atomic E-state index is -3.64. The number of rotatable bonds is 6. The van der Waals surface area contributed by atoms with Crippen molar-refractivity contribution in [1.82, 2.24) is 4.72 Å². The summed E-state index contributed by atoms with van der Waals surface area (Å²) in [5, 5.41) is 0.559. The molecule has 1 heterocycles. The fourth-order valence-corrected chi connectivity index (χ4v) is 3.24. The van der Waals surface area contributed by atoms with Gasteiger partial charge in [0, 0.05) is 17.6 Å². The molecule has 1 aliphatic rings. The van der Waals surface area contributed by atoms with E-state index in [0.29, 0.717) is 22.3 Å². The van der Waals surface area contributed by atoms with Crippen LogP contribution in [0.1, 0.15) is 0 Å². The Morgan fingerprint density at radius 2 is 1.96 bits per heavy atom. The van der Waals surface area contributed by atoms with Crippen LogP contribution in [0.4, 0.5) is 0 Å². The summed E-state index contributed by atoms with van der Waals surface area (Å²) in [4.78, 5) is 0.115. The molecule has 8 heteroatoms. The zero-order chi connectivity index (χ0) is 16.3. The highest BCUT2D eigenvalue weighted by molar-refractivity contribution is 7.89. The van der Waals surface area contributed by atoms with Crippen molar-refractivity contribution in [2.45, 2.75) is 4.90 Å². The van der Waals surface area contributed by atoms with Crippen molar-refractivity contribution in [1.29, 1.82) is 0 Å². The average Bonchev–Trinajstić information content (AvgIpc) is 2.99. The molecule has 0 saturated carbocycles. The maximum atomic E-state index is 12.2. The number of sulfonamides is 1. The van der Waals surface area contributed by atoms with E-state index in [1.54, 1.807) is 30.3 Å². The Hall–Kier alpha value is -1.96. The largest absolute Gasteiger partial charge is 0.492 e. The van der Waals surface area contributed by atoms with Gasteiger partial charge in [0.15, 0.2) is 11.5 Å². The monoisotopic (exact) mass is 355 g/mol. The fraction of sp³-hybridized carbons (Fsp3) is 0.200. The van der Waals surface area contributed by atoms with Crippen molar-refractivity contribution >= 4 is 21.6 Å². The molecule has 0 bridgehead atoms. The smallest absolute Gasteiger partial charge is 0.240 e. The summed E-state index contributed by atoms with van der Waals surface area (Å²) in [6, 6.07) is 11.4. The van der Waals surface area contributed by atoms with E-state index in [-0.39, 0.29) is 24.8 Å². The van der Waals surface area contributed by atoms with Crippen LogP contribution >= 0.6 is 11.6 Å². The molecule has 1 aliphatic heterocycles. The molecular formula is C15H14ClNO5S. The van der Waals surface area contributed by atoms with Gasteiger partial charge in [0.2, 0.25) is 16.8 Å². The van der Waals surface area contributed by atoms with Crippen LogP contribution in [0.3, 0.4) is 0 Å². The van der Waals surface area contributed by atoms with Gasteiger partial charge in [-0.05, 0) is 30.3 Å². The van der Waals surface area contributed by atoms with Gasteiger partial charge in [-0.25, -0.2) is 13.1 Å². The van der Waals surface area contributed by atoms with Crippen molar-refractivity contribution in [3.8, 4) is 17.2 Å². The van der Waals surface area contributed by atoms with E-state index in [1.807, 2.05) is 0 Å². The molecule has 0 atom stereocenters. The van der Waals surface area contributed by atoms with Gasteiger partial charge in [-0.15, -0.1) is 0 Å². The Balaban J connectivity index is 1.57. The average molecular weight is 356 g/mol. The third-order valence-corrected chi connectivity index (χ3v) is 4.81. The Bertz CT molecular complexity index is 809. The van der Waals surface area contributed by atoms with Crippen molar-refractivity contribution in [2.24, 2.45) is 0 Å². The molecule has 0 fully saturated rings. The quantitative estimate of drug-likeness (QED) is 0.805. The number of halogens is 1. The first-order valence-electron chi connectivity index (χ1n) is 6.82. The molecule has 0 unspecified atom stereocenters. The van der Waals surface area contributed by atoms with Crippen molar-refractivity contribution in [3.05, 3.63) is 47.5 Å². The molecule has 3 rings (SSSR count). The summed E-state index contributed by atoms with van der Waals surface area (Å²) in [7, 11) is -3.64. The van der Waals surface area contributed by atoms with Gasteiger partial charge in [-0.3, -0.25) is 0 Å². The molecule has 0 radical (unpaired) electrons. The lowest BCUT2D eigenvalue weighted by Gasteiger charge is -2.09. The summed E-state index contributed by atoms with van der Waals surface area (Å²) >= 11 is 5.84. The lowest BCUT2D eigenvalue weighted by molar-refractivity contribution is 0.174. The van der Waals surface area contributed by atoms with E-state index in [2.05, 4.69) is 4.72 Å². The molecule has 0 saturated heterocycles. The second-order valence-corrected chi connectivity index (χ2v) is 6.92. The van der Waals surface area contributed by atoms with Gasteiger partial charge in [-0.1, -0.05) is 17.7 Å². The molecule has 2 aromatic carbocycles. The number of nitrogens with one attached hydrogen (secondary N) is 1. The van der Waals surface area contributed by atoms with Crippen LogP contribution in [0.5, 0.6) is 17.2 Å². The fourth-order valence-electron chi connectivity index (χ4n) is 2.03. The van der Waals surface area contributed by atoms with Crippen LogP contribution < -0.4 is 18.9 Å². The first-order chi connectivity index (χ1) is 11.0. The van der Waals surface area contributed by atoms with Crippen molar-refractivity contribution in [3.63, 3.8) is 0 Å². The number of benzene rings is 2. The van der Waals surface area contributed by atoms with Gasteiger partial charge in [0.25, 0.3) is 0 Å². The zero-order valence-electron chi connectivity index (χ0n) is 12.0. The van der Waals surface area contributed by atoms with Gasteiger partial charge >= 0.3 is 0 Å². The molecule has 0 amide bonds. The number of hydrogen-bond acceptors (Lipinski definition) is 5. The number of hydrogen-bond donors (Lipinski definition) is 1. The van der Waals surface area contributed by atoms with Gasteiger partial charge in [0.1, 0.15) is 12.4 Å². The van der Waals surface area contributed by atoms with Crippen LogP contribution in [0.15, 0.2) is 47.4 Å². The predicted molar refractivity (Wildman–Crippen MR) is 84.7 cm³/mol. The van der Waals surface area contributed by atoms with Crippen molar-refractivity contribution in [2.75, 3.05) is 19.9 Å². The van der Waals surface area contributed by atoms with E-state index in [9.17, 15) is 8.42 Å². The lowest BCUT2D eigenvalue weighted by Crippen LogP contribution is -2.28. The SMILES string of the molecule is O=S(=O)(NCCOc1cccc(Cl)c1)c1ccc2c(c1)OCO2. The summed E-state index contributed by atoms with van der Waals surface area (Å²) in [6.07, 6.45) is 0. The van der Waals surface area contributed by atoms with Gasteiger partial charge in [0.05, 0.1) is 4.90 Å². The highest BCUT2D eigenvalue weighted by Gasteiger charge is 2.19. The highest BCUT2D eigenvalue weighted by Crippen LogP contribution is 2.33. The second kappa shape index (κ2) is 6.66. The van der Waals surface area contributed by atoms with Gasteiger partial charge in [-0.2, -0.15) is 0 Å². The first-order valence-corrected chi connectivity index (χ1v) is 8.68.